The highest BCUT2D eigenvalue weighted by atomic mass is 32.1. The molecule has 6 heteroatoms. The molecule has 86 valence electrons. The second kappa shape index (κ2) is 3.49. The Bertz CT molecular complexity index is 505. The van der Waals surface area contributed by atoms with Crippen LogP contribution in [0.25, 0.3) is 4.96 Å². The topological polar surface area (TPSA) is 69.1 Å². The van der Waals surface area contributed by atoms with E-state index in [-0.39, 0.29) is 5.41 Å². The fraction of sp³-hybridized carbons (Fsp3) is 0.700. The average molecular weight is 237 g/mol. The third kappa shape index (κ3) is 1.23. The number of hydrogen-bond donors (Lipinski definition) is 1. The summed E-state index contributed by atoms with van der Waals surface area (Å²) in [6.07, 6.45) is 4.45. The summed E-state index contributed by atoms with van der Waals surface area (Å²) >= 11 is 1.64. The zero-order chi connectivity index (χ0) is 11.2. The molecule has 1 aliphatic carbocycles. The summed E-state index contributed by atoms with van der Waals surface area (Å²) in [5.41, 5.74) is 6.02. The quantitative estimate of drug-likeness (QED) is 0.868. The number of nitrogens with zero attached hydrogens (tertiary/aromatic N) is 4. The number of rotatable bonds is 3. The third-order valence-electron chi connectivity index (χ3n) is 3.53. The van der Waals surface area contributed by atoms with Gasteiger partial charge in [0.25, 0.3) is 0 Å². The van der Waals surface area contributed by atoms with Crippen molar-refractivity contribution in [1.29, 1.82) is 0 Å². The molecule has 1 saturated carbocycles. The Kier molecular flexibility index (Phi) is 2.22. The van der Waals surface area contributed by atoms with Gasteiger partial charge in [-0.25, -0.2) is 0 Å². The van der Waals surface area contributed by atoms with Gasteiger partial charge in [0.05, 0.1) is 0 Å². The molecule has 0 saturated heterocycles. The average Bonchev–Trinajstić information content (AvgIpc) is 2.76. The van der Waals surface area contributed by atoms with E-state index in [1.165, 1.54) is 6.42 Å². The van der Waals surface area contributed by atoms with E-state index in [9.17, 15) is 0 Å². The molecule has 1 fully saturated rings. The van der Waals surface area contributed by atoms with E-state index in [2.05, 4.69) is 22.2 Å². The molecule has 0 bridgehead atoms. The van der Waals surface area contributed by atoms with Gasteiger partial charge in [0, 0.05) is 18.4 Å². The van der Waals surface area contributed by atoms with Crippen molar-refractivity contribution in [2.24, 2.45) is 5.73 Å². The molecule has 2 aromatic heterocycles. The molecule has 0 amide bonds. The highest BCUT2D eigenvalue weighted by molar-refractivity contribution is 7.16. The van der Waals surface area contributed by atoms with Gasteiger partial charge in [0.1, 0.15) is 5.01 Å². The Labute approximate surface area is 97.7 Å². The largest absolute Gasteiger partial charge is 0.329 e. The zero-order valence-electron chi connectivity index (χ0n) is 9.31. The number of nitrogens with two attached hydrogens (primary N) is 1. The summed E-state index contributed by atoms with van der Waals surface area (Å²) in [5.74, 6) is 0.934. The van der Waals surface area contributed by atoms with Crippen molar-refractivity contribution in [2.45, 2.75) is 38.0 Å². The molecule has 0 unspecified atom stereocenters. The van der Waals surface area contributed by atoms with Gasteiger partial charge < -0.3 is 5.73 Å². The highest BCUT2D eigenvalue weighted by Gasteiger charge is 2.40. The Morgan fingerprint density at radius 3 is 2.81 bits per heavy atom. The fourth-order valence-electron chi connectivity index (χ4n) is 2.20. The van der Waals surface area contributed by atoms with Gasteiger partial charge >= 0.3 is 0 Å². The van der Waals surface area contributed by atoms with Crippen molar-refractivity contribution >= 4 is 16.3 Å². The van der Waals surface area contributed by atoms with Crippen molar-refractivity contribution in [3.05, 3.63) is 10.8 Å². The molecule has 2 N–H and O–H groups in total. The summed E-state index contributed by atoms with van der Waals surface area (Å²) in [6, 6.07) is 0. The lowest BCUT2D eigenvalue weighted by Crippen LogP contribution is -2.41. The molecule has 1 aliphatic rings. The van der Waals surface area contributed by atoms with Crippen LogP contribution in [0, 0.1) is 0 Å². The van der Waals surface area contributed by atoms with E-state index < -0.39 is 0 Å². The summed E-state index contributed by atoms with van der Waals surface area (Å²) in [5, 5.41) is 14.0. The smallest absolute Gasteiger partial charge is 0.234 e. The van der Waals surface area contributed by atoms with Crippen LogP contribution in [0.1, 0.15) is 37.0 Å². The van der Waals surface area contributed by atoms with Crippen LogP contribution in [0.15, 0.2) is 0 Å². The summed E-state index contributed by atoms with van der Waals surface area (Å²) < 4.78 is 1.87. The van der Waals surface area contributed by atoms with Crippen LogP contribution in [0.4, 0.5) is 0 Å². The summed E-state index contributed by atoms with van der Waals surface area (Å²) in [7, 11) is 0. The maximum Gasteiger partial charge on any atom is 0.234 e. The van der Waals surface area contributed by atoms with E-state index in [0.717, 1.165) is 35.1 Å². The molecule has 16 heavy (non-hydrogen) atoms. The van der Waals surface area contributed by atoms with Gasteiger partial charge in [-0.05, 0) is 12.8 Å². The van der Waals surface area contributed by atoms with Crippen molar-refractivity contribution in [3.63, 3.8) is 0 Å². The van der Waals surface area contributed by atoms with Crippen LogP contribution in [-0.2, 0) is 11.8 Å². The summed E-state index contributed by atoms with van der Waals surface area (Å²) in [4.78, 5) is 0.895. The Morgan fingerprint density at radius 1 is 1.44 bits per heavy atom. The van der Waals surface area contributed by atoms with Gasteiger partial charge in [0.2, 0.25) is 4.96 Å². The zero-order valence-corrected chi connectivity index (χ0v) is 10.1. The van der Waals surface area contributed by atoms with Gasteiger partial charge in [-0.2, -0.15) is 9.61 Å². The van der Waals surface area contributed by atoms with E-state index in [1.54, 1.807) is 11.3 Å². The first-order chi connectivity index (χ1) is 7.79. The predicted molar refractivity (Wildman–Crippen MR) is 62.6 cm³/mol. The van der Waals surface area contributed by atoms with Gasteiger partial charge in [-0.1, -0.05) is 24.7 Å². The molecule has 0 aliphatic heterocycles. The standard InChI is InChI=1S/C10H15N5S/c1-2-7-12-13-9-15(7)14-8(16-9)10(6-11)4-3-5-10/h2-6,11H2,1H3. The maximum absolute atomic E-state index is 5.88. The molecule has 2 heterocycles. The van der Waals surface area contributed by atoms with Gasteiger partial charge in [-0.15, -0.1) is 10.2 Å². The van der Waals surface area contributed by atoms with Crippen LogP contribution in [0.2, 0.25) is 0 Å². The predicted octanol–water partition coefficient (Wildman–Crippen LogP) is 1.13. The Hall–Kier alpha value is -1.01. The molecular formula is C10H15N5S. The number of hydrogen-bond acceptors (Lipinski definition) is 5. The third-order valence-corrected chi connectivity index (χ3v) is 4.67. The molecule has 0 atom stereocenters. The van der Waals surface area contributed by atoms with Crippen LogP contribution in [0.3, 0.4) is 0 Å². The Balaban J connectivity index is 2.08. The van der Waals surface area contributed by atoms with Crippen molar-refractivity contribution in [1.82, 2.24) is 19.8 Å². The fourth-order valence-corrected chi connectivity index (χ4v) is 3.31. The normalized spacial score (nSPS) is 18.9. The molecule has 0 aromatic carbocycles. The lowest BCUT2D eigenvalue weighted by Gasteiger charge is -2.38. The van der Waals surface area contributed by atoms with E-state index >= 15 is 0 Å². The van der Waals surface area contributed by atoms with Crippen molar-refractivity contribution < 1.29 is 0 Å². The lowest BCUT2D eigenvalue weighted by molar-refractivity contribution is 0.250. The molecule has 5 nitrogen and oxygen atoms in total. The molecule has 0 radical (unpaired) electrons. The minimum Gasteiger partial charge on any atom is -0.329 e. The molecular weight excluding hydrogens is 222 g/mol. The first kappa shape index (κ1) is 10.2. The van der Waals surface area contributed by atoms with Crippen LogP contribution in [0.5, 0.6) is 0 Å². The molecule has 2 aromatic rings. The summed E-state index contributed by atoms with van der Waals surface area (Å²) in [6.45, 7) is 2.76. The van der Waals surface area contributed by atoms with Gasteiger partial charge in [-0.3, -0.25) is 0 Å². The number of aryl methyl sites for hydroxylation is 1. The van der Waals surface area contributed by atoms with E-state index in [4.69, 9.17) is 5.73 Å². The molecule has 0 spiro atoms. The maximum atomic E-state index is 5.88. The highest BCUT2D eigenvalue weighted by Crippen LogP contribution is 2.44. The first-order valence-corrected chi connectivity index (χ1v) is 6.52. The lowest BCUT2D eigenvalue weighted by atomic mass is 9.69. The minimum atomic E-state index is 0.135. The number of fused-ring (bicyclic) bond motifs is 1. The van der Waals surface area contributed by atoms with E-state index in [1.807, 2.05) is 4.52 Å². The number of aromatic nitrogens is 4. The first-order valence-electron chi connectivity index (χ1n) is 5.71. The van der Waals surface area contributed by atoms with Crippen molar-refractivity contribution in [2.75, 3.05) is 6.54 Å². The monoisotopic (exact) mass is 237 g/mol. The minimum absolute atomic E-state index is 0.135. The SMILES string of the molecule is CCc1nnc2sc(C3(CN)CCC3)nn12. The second-order valence-corrected chi connectivity index (χ2v) is 5.37. The second-order valence-electron chi connectivity index (χ2n) is 4.41. The van der Waals surface area contributed by atoms with E-state index in [0.29, 0.717) is 6.54 Å². The van der Waals surface area contributed by atoms with Crippen LogP contribution < -0.4 is 5.73 Å². The molecule has 3 rings (SSSR count). The van der Waals surface area contributed by atoms with Gasteiger partial charge in [0.15, 0.2) is 5.82 Å². The Morgan fingerprint density at radius 2 is 2.25 bits per heavy atom. The van der Waals surface area contributed by atoms with Crippen LogP contribution >= 0.6 is 11.3 Å². The van der Waals surface area contributed by atoms with Crippen molar-refractivity contribution in [3.8, 4) is 0 Å². The van der Waals surface area contributed by atoms with Crippen LogP contribution in [-0.4, -0.2) is 26.4 Å².